The van der Waals surface area contributed by atoms with Gasteiger partial charge in [-0.15, -0.1) is 0 Å². The molecule has 0 radical (unpaired) electrons. The number of carbonyl (C=O) groups is 1. The smallest absolute Gasteiger partial charge is 0.225 e. The lowest BCUT2D eigenvalue weighted by Crippen LogP contribution is -2.32. The van der Waals surface area contributed by atoms with Gasteiger partial charge in [-0.2, -0.15) is 0 Å². The largest absolute Gasteiger partial charge is 0.341 e. The van der Waals surface area contributed by atoms with Crippen molar-refractivity contribution in [3.05, 3.63) is 34.9 Å². The number of hydrogen-bond donors (Lipinski definition) is 1. The minimum Gasteiger partial charge on any atom is -0.341 e. The van der Waals surface area contributed by atoms with Crippen LogP contribution in [0.3, 0.4) is 0 Å². The molecule has 3 nitrogen and oxygen atoms in total. The van der Waals surface area contributed by atoms with E-state index in [0.29, 0.717) is 24.5 Å². The van der Waals surface area contributed by atoms with Crippen LogP contribution in [0, 0.1) is 5.92 Å². The van der Waals surface area contributed by atoms with Crippen molar-refractivity contribution in [3.8, 4) is 0 Å². The Balaban J connectivity index is 2.63. The molecule has 94 valence electrons. The molecular formula is C13H19ClN2O. The molecule has 0 bridgehead atoms. The van der Waals surface area contributed by atoms with Gasteiger partial charge in [0.2, 0.25) is 5.91 Å². The van der Waals surface area contributed by atoms with E-state index in [1.807, 2.05) is 31.2 Å². The number of nitrogens with two attached hydrogens (primary N) is 1. The normalized spacial score (nSPS) is 12.2. The number of halogens is 1. The molecule has 0 aliphatic rings. The van der Waals surface area contributed by atoms with Crippen molar-refractivity contribution in [2.75, 3.05) is 13.6 Å². The van der Waals surface area contributed by atoms with Crippen molar-refractivity contribution >= 4 is 17.5 Å². The Labute approximate surface area is 108 Å². The second-order valence-corrected chi connectivity index (χ2v) is 4.67. The SMILES string of the molecule is CC(CCN)C(=O)N(C)Cc1ccccc1Cl. The molecule has 0 aliphatic heterocycles. The molecule has 2 N–H and O–H groups in total. The van der Waals surface area contributed by atoms with Gasteiger partial charge in [0.25, 0.3) is 0 Å². The standard InChI is InChI=1S/C13H19ClN2O/c1-10(7-8-15)13(17)16(2)9-11-5-3-4-6-12(11)14/h3-6,10H,7-9,15H2,1-2H3. The summed E-state index contributed by atoms with van der Waals surface area (Å²) in [6.07, 6.45) is 0.714. The third-order valence-corrected chi connectivity index (χ3v) is 3.13. The third-order valence-electron chi connectivity index (χ3n) is 2.76. The van der Waals surface area contributed by atoms with Crippen LogP contribution in [0.1, 0.15) is 18.9 Å². The Morgan fingerprint density at radius 1 is 1.47 bits per heavy atom. The first-order chi connectivity index (χ1) is 8.06. The highest BCUT2D eigenvalue weighted by molar-refractivity contribution is 6.31. The Kier molecular flexibility index (Phi) is 5.45. The average molecular weight is 255 g/mol. The van der Waals surface area contributed by atoms with Gasteiger partial charge in [0.15, 0.2) is 0 Å². The minimum absolute atomic E-state index is 0.0347. The fraction of sp³-hybridized carbons (Fsp3) is 0.462. The molecule has 0 saturated carbocycles. The summed E-state index contributed by atoms with van der Waals surface area (Å²) >= 11 is 6.06. The van der Waals surface area contributed by atoms with Crippen LogP contribution in [0.25, 0.3) is 0 Å². The molecule has 0 spiro atoms. The molecular weight excluding hydrogens is 236 g/mol. The Hall–Kier alpha value is -1.06. The van der Waals surface area contributed by atoms with Crippen molar-refractivity contribution in [2.24, 2.45) is 11.7 Å². The van der Waals surface area contributed by atoms with E-state index in [-0.39, 0.29) is 11.8 Å². The van der Waals surface area contributed by atoms with Crippen molar-refractivity contribution in [1.29, 1.82) is 0 Å². The molecule has 1 amide bonds. The number of nitrogens with zero attached hydrogens (tertiary/aromatic N) is 1. The van der Waals surface area contributed by atoms with Gasteiger partial charge in [-0.05, 0) is 24.6 Å². The molecule has 1 aromatic carbocycles. The lowest BCUT2D eigenvalue weighted by Gasteiger charge is -2.21. The van der Waals surface area contributed by atoms with E-state index in [9.17, 15) is 4.79 Å². The molecule has 0 aromatic heterocycles. The first-order valence-corrected chi connectivity index (χ1v) is 6.12. The lowest BCUT2D eigenvalue weighted by molar-refractivity contribution is -0.134. The summed E-state index contributed by atoms with van der Waals surface area (Å²) in [4.78, 5) is 13.7. The number of rotatable bonds is 5. The van der Waals surface area contributed by atoms with Crippen LogP contribution in [-0.4, -0.2) is 24.4 Å². The van der Waals surface area contributed by atoms with Crippen LogP contribution < -0.4 is 5.73 Å². The van der Waals surface area contributed by atoms with Crippen molar-refractivity contribution in [3.63, 3.8) is 0 Å². The summed E-state index contributed by atoms with van der Waals surface area (Å²) < 4.78 is 0. The fourth-order valence-electron chi connectivity index (χ4n) is 1.71. The predicted octanol–water partition coefficient (Wildman–Crippen LogP) is 2.28. The Bertz CT molecular complexity index is 381. The average Bonchev–Trinajstić information content (AvgIpc) is 2.31. The molecule has 1 unspecified atom stereocenters. The molecule has 1 aromatic rings. The second kappa shape index (κ2) is 6.62. The van der Waals surface area contributed by atoms with E-state index in [2.05, 4.69) is 0 Å². The second-order valence-electron chi connectivity index (χ2n) is 4.26. The van der Waals surface area contributed by atoms with Gasteiger partial charge >= 0.3 is 0 Å². The van der Waals surface area contributed by atoms with Gasteiger partial charge in [-0.25, -0.2) is 0 Å². The zero-order chi connectivity index (χ0) is 12.8. The summed E-state index contributed by atoms with van der Waals surface area (Å²) in [6.45, 7) is 2.97. The van der Waals surface area contributed by atoms with E-state index in [4.69, 9.17) is 17.3 Å². The summed E-state index contributed by atoms with van der Waals surface area (Å²) in [5.74, 6) is 0.0721. The highest BCUT2D eigenvalue weighted by Crippen LogP contribution is 2.17. The topological polar surface area (TPSA) is 46.3 Å². The molecule has 1 atom stereocenters. The maximum Gasteiger partial charge on any atom is 0.225 e. The summed E-state index contributed by atoms with van der Waals surface area (Å²) in [5, 5.41) is 0.693. The summed E-state index contributed by atoms with van der Waals surface area (Å²) in [5.41, 5.74) is 6.42. The van der Waals surface area contributed by atoms with E-state index < -0.39 is 0 Å². The predicted molar refractivity (Wildman–Crippen MR) is 70.8 cm³/mol. The van der Waals surface area contributed by atoms with Crippen molar-refractivity contribution in [1.82, 2.24) is 4.90 Å². The van der Waals surface area contributed by atoms with Crippen molar-refractivity contribution in [2.45, 2.75) is 19.9 Å². The maximum atomic E-state index is 12.0. The highest BCUT2D eigenvalue weighted by Gasteiger charge is 2.17. The zero-order valence-corrected chi connectivity index (χ0v) is 11.1. The van der Waals surface area contributed by atoms with Gasteiger partial charge in [-0.1, -0.05) is 36.7 Å². The highest BCUT2D eigenvalue weighted by atomic mass is 35.5. The maximum absolute atomic E-state index is 12.0. The number of benzene rings is 1. The van der Waals surface area contributed by atoms with E-state index >= 15 is 0 Å². The first kappa shape index (κ1) is 14.0. The van der Waals surface area contributed by atoms with Gasteiger partial charge < -0.3 is 10.6 Å². The lowest BCUT2D eigenvalue weighted by atomic mass is 10.1. The van der Waals surface area contributed by atoms with Crippen LogP contribution in [-0.2, 0) is 11.3 Å². The van der Waals surface area contributed by atoms with Crippen LogP contribution in [0.2, 0.25) is 5.02 Å². The van der Waals surface area contributed by atoms with Crippen LogP contribution in [0.15, 0.2) is 24.3 Å². The van der Waals surface area contributed by atoms with E-state index in [1.165, 1.54) is 0 Å². The Morgan fingerprint density at radius 2 is 2.12 bits per heavy atom. The monoisotopic (exact) mass is 254 g/mol. The minimum atomic E-state index is -0.0347. The van der Waals surface area contributed by atoms with Crippen LogP contribution >= 0.6 is 11.6 Å². The van der Waals surface area contributed by atoms with E-state index in [1.54, 1.807) is 11.9 Å². The van der Waals surface area contributed by atoms with Gasteiger partial charge in [0.05, 0.1) is 0 Å². The molecule has 0 heterocycles. The van der Waals surface area contributed by atoms with Gasteiger partial charge in [0.1, 0.15) is 0 Å². The zero-order valence-electron chi connectivity index (χ0n) is 10.3. The molecule has 0 fully saturated rings. The van der Waals surface area contributed by atoms with Gasteiger partial charge in [-0.3, -0.25) is 4.79 Å². The van der Waals surface area contributed by atoms with Gasteiger partial charge in [0, 0.05) is 24.5 Å². The number of amides is 1. The van der Waals surface area contributed by atoms with E-state index in [0.717, 1.165) is 5.56 Å². The van der Waals surface area contributed by atoms with Crippen LogP contribution in [0.5, 0.6) is 0 Å². The third kappa shape index (κ3) is 4.02. The quantitative estimate of drug-likeness (QED) is 0.876. The van der Waals surface area contributed by atoms with Crippen LogP contribution in [0.4, 0.5) is 0 Å². The molecule has 4 heteroatoms. The first-order valence-electron chi connectivity index (χ1n) is 5.74. The molecule has 0 aliphatic carbocycles. The number of hydrogen-bond acceptors (Lipinski definition) is 2. The summed E-state index contributed by atoms with van der Waals surface area (Å²) in [7, 11) is 1.79. The molecule has 1 rings (SSSR count). The molecule has 0 saturated heterocycles. The Morgan fingerprint density at radius 3 is 2.71 bits per heavy atom. The number of carbonyl (C=O) groups excluding carboxylic acids is 1. The summed E-state index contributed by atoms with van der Waals surface area (Å²) in [6, 6.07) is 7.56. The fourth-order valence-corrected chi connectivity index (χ4v) is 1.91. The van der Waals surface area contributed by atoms with Crippen molar-refractivity contribution < 1.29 is 4.79 Å². The molecule has 17 heavy (non-hydrogen) atoms.